The summed E-state index contributed by atoms with van der Waals surface area (Å²) in [6.07, 6.45) is 5.67. The lowest BCUT2D eigenvalue weighted by Crippen LogP contribution is -2.24. The second-order valence-electron chi connectivity index (χ2n) is 6.06. The largest absolute Gasteiger partial charge is 0.493 e. The fourth-order valence-corrected chi connectivity index (χ4v) is 3.81. The van der Waals surface area contributed by atoms with Crippen LogP contribution in [0.3, 0.4) is 0 Å². The quantitative estimate of drug-likeness (QED) is 0.689. The van der Waals surface area contributed by atoms with Gasteiger partial charge in [-0.2, -0.15) is 0 Å². The van der Waals surface area contributed by atoms with Crippen LogP contribution in [0, 0.1) is 0 Å². The lowest BCUT2D eigenvalue weighted by molar-refractivity contribution is -0.117. The Balaban J connectivity index is 1.82. The van der Waals surface area contributed by atoms with Crippen molar-refractivity contribution in [3.63, 3.8) is 0 Å². The minimum atomic E-state index is -3.52. The average molecular weight is 352 g/mol. The van der Waals surface area contributed by atoms with Crippen LogP contribution in [0.25, 0.3) is 0 Å². The molecule has 2 N–H and O–H groups in total. The topological polar surface area (TPSA) is 98.8 Å². The molecule has 0 bridgehead atoms. The van der Waals surface area contributed by atoms with Crippen LogP contribution >= 0.6 is 0 Å². The number of ketones is 1. The Morgan fingerprint density at radius 3 is 2.67 bits per heavy atom. The van der Waals surface area contributed by atoms with E-state index in [2.05, 4.69) is 4.40 Å². The molecule has 0 radical (unpaired) electrons. The molecule has 2 rings (SSSR count). The van der Waals surface area contributed by atoms with Gasteiger partial charge in [0.15, 0.2) is 0 Å². The lowest BCUT2D eigenvalue weighted by atomic mass is 10.1. The minimum absolute atomic E-state index is 0.00363. The number of nitrogens with zero attached hydrogens (tertiary/aromatic N) is 1. The highest BCUT2D eigenvalue weighted by Crippen LogP contribution is 2.28. The van der Waals surface area contributed by atoms with E-state index in [0.29, 0.717) is 29.9 Å². The van der Waals surface area contributed by atoms with E-state index in [1.54, 1.807) is 25.1 Å². The highest BCUT2D eigenvalue weighted by molar-refractivity contribution is 7.89. The number of fused-ring (bicyclic) bond motifs is 1. The van der Waals surface area contributed by atoms with Crippen molar-refractivity contribution in [2.75, 3.05) is 6.61 Å². The molecule has 132 valence electrons. The third kappa shape index (κ3) is 5.33. The first-order valence-electron chi connectivity index (χ1n) is 8.21. The number of ether oxygens (including phenoxy) is 1. The molecule has 1 aromatic carbocycles. The van der Waals surface area contributed by atoms with E-state index in [1.165, 1.54) is 0 Å². The van der Waals surface area contributed by atoms with Crippen LogP contribution in [0.1, 0.15) is 56.6 Å². The lowest BCUT2D eigenvalue weighted by Gasteiger charge is -2.18. The zero-order valence-corrected chi connectivity index (χ0v) is 14.8. The van der Waals surface area contributed by atoms with Gasteiger partial charge in [-0.1, -0.05) is 31.4 Å². The van der Waals surface area contributed by atoms with E-state index in [1.807, 2.05) is 0 Å². The van der Waals surface area contributed by atoms with E-state index >= 15 is 0 Å². The van der Waals surface area contributed by atoms with Gasteiger partial charge in [0.1, 0.15) is 17.4 Å². The second-order valence-corrected chi connectivity index (χ2v) is 7.70. The molecule has 0 spiro atoms. The van der Waals surface area contributed by atoms with E-state index in [-0.39, 0.29) is 17.4 Å². The predicted octanol–water partition coefficient (Wildman–Crippen LogP) is 2.54. The van der Waals surface area contributed by atoms with E-state index in [0.717, 1.165) is 32.1 Å². The molecule has 6 nitrogen and oxygen atoms in total. The molecule has 0 saturated heterocycles. The fraction of sp³-hybridized carbons (Fsp3) is 0.529. The van der Waals surface area contributed by atoms with Crippen molar-refractivity contribution >= 4 is 21.6 Å². The molecular formula is C17H24N2O4S. The number of Topliss-reactive ketones (excluding diaryl/α,β-unsaturated/α-hetero) is 1. The van der Waals surface area contributed by atoms with Crippen LogP contribution in [0.15, 0.2) is 22.6 Å². The van der Waals surface area contributed by atoms with Crippen LogP contribution in [0.4, 0.5) is 0 Å². The molecule has 0 atom stereocenters. The number of hydrogen-bond acceptors (Lipinski definition) is 5. The van der Waals surface area contributed by atoms with Crippen LogP contribution < -0.4 is 10.5 Å². The first kappa shape index (κ1) is 18.4. The standard InChI is InChI=1S/C17H24N2O4S/c1-13(20)8-5-3-2-4-6-11-23-15-10-7-9-14-12-24(21,22)19-17(18)16(14)15/h7,9-10H,2-6,8,11-12H2,1H3,(H2,18,19). The second kappa shape index (κ2) is 8.28. The number of carbonyl (C=O) groups excluding carboxylic acids is 1. The van der Waals surface area contributed by atoms with Gasteiger partial charge >= 0.3 is 0 Å². The zero-order chi connectivity index (χ0) is 17.6. The molecule has 24 heavy (non-hydrogen) atoms. The number of rotatable bonds is 9. The van der Waals surface area contributed by atoms with Gasteiger partial charge in [0.2, 0.25) is 0 Å². The number of sulfonamides is 1. The maximum atomic E-state index is 11.6. The highest BCUT2D eigenvalue weighted by atomic mass is 32.2. The predicted molar refractivity (Wildman–Crippen MR) is 93.7 cm³/mol. The molecular weight excluding hydrogens is 328 g/mol. The van der Waals surface area contributed by atoms with Crippen LogP contribution in [0.2, 0.25) is 0 Å². The van der Waals surface area contributed by atoms with Gasteiger partial charge in [-0.25, -0.2) is 8.42 Å². The van der Waals surface area contributed by atoms with E-state index in [4.69, 9.17) is 10.5 Å². The Kier molecular flexibility index (Phi) is 6.36. The molecule has 7 heteroatoms. The monoisotopic (exact) mass is 352 g/mol. The summed E-state index contributed by atoms with van der Waals surface area (Å²) in [7, 11) is -3.52. The third-order valence-electron chi connectivity index (χ3n) is 3.87. The van der Waals surface area contributed by atoms with Gasteiger partial charge in [-0.15, -0.1) is 4.40 Å². The van der Waals surface area contributed by atoms with Gasteiger partial charge in [0.05, 0.1) is 17.9 Å². The van der Waals surface area contributed by atoms with Crippen LogP contribution in [-0.4, -0.2) is 26.6 Å². The molecule has 0 unspecified atom stereocenters. The number of amidine groups is 1. The molecule has 1 aliphatic heterocycles. The summed E-state index contributed by atoms with van der Waals surface area (Å²) >= 11 is 0. The number of hydrogen-bond donors (Lipinski definition) is 1. The van der Waals surface area contributed by atoms with Gasteiger partial charge < -0.3 is 15.3 Å². The molecule has 0 fully saturated rings. The van der Waals surface area contributed by atoms with E-state index < -0.39 is 10.0 Å². The number of nitrogens with two attached hydrogens (primary N) is 1. The van der Waals surface area contributed by atoms with Crippen molar-refractivity contribution in [2.24, 2.45) is 10.1 Å². The summed E-state index contributed by atoms with van der Waals surface area (Å²) in [5, 5.41) is 0. The van der Waals surface area contributed by atoms with Crippen molar-refractivity contribution in [3.05, 3.63) is 29.3 Å². The number of benzene rings is 1. The fourth-order valence-electron chi connectivity index (χ4n) is 2.72. The average Bonchev–Trinajstić information content (AvgIpc) is 2.48. The van der Waals surface area contributed by atoms with Crippen molar-refractivity contribution < 1.29 is 17.9 Å². The SMILES string of the molecule is CC(=O)CCCCCCCOc1cccc2c1C(N)=NS(=O)(=O)C2. The van der Waals surface area contributed by atoms with Gasteiger partial charge in [0.25, 0.3) is 10.0 Å². The summed E-state index contributed by atoms with van der Waals surface area (Å²) in [5.41, 5.74) is 7.02. The Bertz CT molecular complexity index is 726. The summed E-state index contributed by atoms with van der Waals surface area (Å²) in [5.74, 6) is 0.681. The van der Waals surface area contributed by atoms with Crippen molar-refractivity contribution in [2.45, 2.75) is 51.2 Å². The van der Waals surface area contributed by atoms with E-state index in [9.17, 15) is 13.2 Å². The Labute approximate surface area is 143 Å². The molecule has 0 amide bonds. The molecule has 1 heterocycles. The molecule has 0 saturated carbocycles. The van der Waals surface area contributed by atoms with Gasteiger partial charge in [0, 0.05) is 6.42 Å². The Morgan fingerprint density at radius 1 is 1.21 bits per heavy atom. The van der Waals surface area contributed by atoms with Gasteiger partial charge in [-0.05, 0) is 31.4 Å². The van der Waals surface area contributed by atoms with Crippen molar-refractivity contribution in [1.82, 2.24) is 0 Å². The first-order chi connectivity index (χ1) is 11.4. The summed E-state index contributed by atoms with van der Waals surface area (Å²) in [6.45, 7) is 2.16. The summed E-state index contributed by atoms with van der Waals surface area (Å²) in [6, 6.07) is 5.28. The molecule has 1 aromatic rings. The molecule has 0 aliphatic carbocycles. The third-order valence-corrected chi connectivity index (χ3v) is 5.03. The van der Waals surface area contributed by atoms with Crippen LogP contribution in [0.5, 0.6) is 5.75 Å². The van der Waals surface area contributed by atoms with Gasteiger partial charge in [-0.3, -0.25) is 0 Å². The number of unbranched alkanes of at least 4 members (excludes halogenated alkanes) is 4. The van der Waals surface area contributed by atoms with Crippen molar-refractivity contribution in [1.29, 1.82) is 0 Å². The number of carbonyl (C=O) groups is 1. The highest BCUT2D eigenvalue weighted by Gasteiger charge is 2.24. The normalized spacial score (nSPS) is 15.5. The van der Waals surface area contributed by atoms with Crippen LogP contribution in [-0.2, 0) is 20.6 Å². The summed E-state index contributed by atoms with van der Waals surface area (Å²) < 4.78 is 32.6. The minimum Gasteiger partial charge on any atom is -0.493 e. The first-order valence-corrected chi connectivity index (χ1v) is 9.82. The molecule has 0 aromatic heterocycles. The Morgan fingerprint density at radius 2 is 1.92 bits per heavy atom. The molecule has 1 aliphatic rings. The Hall–Kier alpha value is -1.89. The zero-order valence-electron chi connectivity index (χ0n) is 14.0. The maximum Gasteiger partial charge on any atom is 0.259 e. The summed E-state index contributed by atoms with van der Waals surface area (Å²) in [4.78, 5) is 10.8. The maximum absolute atomic E-state index is 11.6. The smallest absolute Gasteiger partial charge is 0.259 e. The van der Waals surface area contributed by atoms with Crippen molar-refractivity contribution in [3.8, 4) is 5.75 Å².